The van der Waals surface area contributed by atoms with E-state index in [9.17, 15) is 0 Å². The van der Waals surface area contributed by atoms with Gasteiger partial charge in [-0.15, -0.1) is 0 Å². The Labute approximate surface area is 251 Å². The molecule has 0 radical (unpaired) electrons. The Morgan fingerprint density at radius 2 is 0.683 bits per heavy atom. The highest BCUT2D eigenvalue weighted by molar-refractivity contribution is 5.28. The van der Waals surface area contributed by atoms with Crippen molar-refractivity contribution < 1.29 is 0 Å². The van der Waals surface area contributed by atoms with Gasteiger partial charge in [-0.2, -0.15) is 0 Å². The summed E-state index contributed by atoms with van der Waals surface area (Å²) in [5.74, 6) is 3.05. The average molecular weight is 545 g/mol. The van der Waals surface area contributed by atoms with Gasteiger partial charge in [-0.1, -0.05) is 143 Å². The monoisotopic (exact) mass is 544 g/mol. The smallest absolute Gasteiger partial charge is 0.0162 e. The van der Waals surface area contributed by atoms with Crippen LogP contribution >= 0.6 is 0 Å². The largest absolute Gasteiger partial charge is 0.0648 e. The average Bonchev–Trinajstić information content (AvgIpc) is 3.04. The lowest BCUT2D eigenvalue weighted by atomic mass is 9.80. The van der Waals surface area contributed by atoms with Crippen LogP contribution in [0.5, 0.6) is 0 Å². The summed E-state index contributed by atoms with van der Waals surface area (Å²) in [6, 6.07) is 43.3. The third-order valence-corrected chi connectivity index (χ3v) is 9.67. The quantitative estimate of drug-likeness (QED) is 0.132. The van der Waals surface area contributed by atoms with E-state index in [1.54, 1.807) is 0 Å². The van der Waals surface area contributed by atoms with Crippen molar-refractivity contribution >= 4 is 0 Å². The van der Waals surface area contributed by atoms with Gasteiger partial charge in [0, 0.05) is 0 Å². The fraction of sp³-hybridized carbons (Fsp3) is 0.415. The summed E-state index contributed by atoms with van der Waals surface area (Å²) < 4.78 is 0. The molecule has 0 aliphatic rings. The van der Waals surface area contributed by atoms with E-state index >= 15 is 0 Å². The number of rotatable bonds is 16. The van der Waals surface area contributed by atoms with Gasteiger partial charge < -0.3 is 0 Å². The molecule has 0 bridgehead atoms. The van der Waals surface area contributed by atoms with E-state index in [0.717, 1.165) is 0 Å². The van der Waals surface area contributed by atoms with Gasteiger partial charge in [0.2, 0.25) is 0 Å². The minimum atomic E-state index is 0.577. The van der Waals surface area contributed by atoms with Crippen molar-refractivity contribution in [3.05, 3.63) is 143 Å². The van der Waals surface area contributed by atoms with Crippen molar-refractivity contribution in [2.24, 2.45) is 0 Å². The molecule has 0 spiro atoms. The van der Waals surface area contributed by atoms with Crippen LogP contribution in [0.2, 0.25) is 0 Å². The fourth-order valence-electron chi connectivity index (χ4n) is 6.55. The highest BCUT2D eigenvalue weighted by atomic mass is 14.2. The summed E-state index contributed by atoms with van der Waals surface area (Å²) in [7, 11) is 0. The predicted octanol–water partition coefficient (Wildman–Crippen LogP) is 12.4. The van der Waals surface area contributed by atoms with Crippen LogP contribution < -0.4 is 0 Å². The maximum absolute atomic E-state index is 2.42. The molecule has 41 heavy (non-hydrogen) atoms. The maximum atomic E-state index is 2.42. The molecule has 216 valence electrons. The Morgan fingerprint density at radius 1 is 0.341 bits per heavy atom. The van der Waals surface area contributed by atoms with Crippen molar-refractivity contribution in [2.45, 2.75) is 109 Å². The van der Waals surface area contributed by atoms with Crippen LogP contribution in [0.4, 0.5) is 0 Å². The Balaban J connectivity index is 1.44. The molecule has 4 aromatic carbocycles. The van der Waals surface area contributed by atoms with Crippen LogP contribution in [0.1, 0.15) is 136 Å². The van der Waals surface area contributed by atoms with Crippen LogP contribution in [-0.2, 0) is 0 Å². The first kappa shape index (κ1) is 30.8. The zero-order valence-electron chi connectivity index (χ0n) is 26.0. The molecule has 0 saturated heterocycles. The van der Waals surface area contributed by atoms with E-state index in [2.05, 4.69) is 143 Å². The molecule has 0 fully saturated rings. The highest BCUT2D eigenvalue weighted by Gasteiger charge is 2.20. The van der Waals surface area contributed by atoms with Crippen LogP contribution in [0.15, 0.2) is 115 Å². The van der Waals surface area contributed by atoms with E-state index in [1.807, 2.05) is 0 Å². The summed E-state index contributed by atoms with van der Waals surface area (Å²) in [6.45, 7) is 9.37. The molecule has 0 saturated carbocycles. The summed E-state index contributed by atoms with van der Waals surface area (Å²) >= 11 is 0. The molecule has 0 nitrogen and oxygen atoms in total. The summed E-state index contributed by atoms with van der Waals surface area (Å²) in [5.41, 5.74) is 7.47. The van der Waals surface area contributed by atoms with Crippen molar-refractivity contribution in [3.63, 3.8) is 0 Å². The van der Waals surface area contributed by atoms with Crippen LogP contribution in [0, 0.1) is 0 Å². The molecule has 0 aliphatic heterocycles. The van der Waals surface area contributed by atoms with Gasteiger partial charge in [-0.05, 0) is 109 Å². The van der Waals surface area contributed by atoms with Crippen molar-refractivity contribution in [2.75, 3.05) is 0 Å². The van der Waals surface area contributed by atoms with Gasteiger partial charge >= 0.3 is 0 Å². The molecule has 0 amide bonds. The Kier molecular flexibility index (Phi) is 12.3. The molecule has 0 heterocycles. The van der Waals surface area contributed by atoms with Gasteiger partial charge in [0.1, 0.15) is 0 Å². The molecular weight excluding hydrogens is 492 g/mol. The molecule has 5 atom stereocenters. The van der Waals surface area contributed by atoms with E-state index < -0.39 is 0 Å². The standard InChI is InChI=1S/C41H52/c1-5-32(3)35-25-27-36(28-26-35)33(4)22-23-40(38-18-12-8-13-19-38)30-31-41(39-20-14-9-15-21-39)29-24-34(6-2)37-16-10-7-11-17-37/h7-21,25-28,32-34,40-41H,5-6,22-24,29-31H2,1-4H3. The molecule has 4 rings (SSSR count). The Morgan fingerprint density at radius 3 is 1.07 bits per heavy atom. The molecular formula is C41H52. The summed E-state index contributed by atoms with van der Waals surface area (Å²) in [6.07, 6.45) is 9.85. The maximum Gasteiger partial charge on any atom is -0.0162 e. The van der Waals surface area contributed by atoms with Crippen LogP contribution in [0.25, 0.3) is 0 Å². The zero-order valence-corrected chi connectivity index (χ0v) is 26.0. The van der Waals surface area contributed by atoms with Gasteiger partial charge in [0.15, 0.2) is 0 Å². The minimum absolute atomic E-state index is 0.577. The van der Waals surface area contributed by atoms with Gasteiger partial charge in [-0.25, -0.2) is 0 Å². The van der Waals surface area contributed by atoms with Crippen molar-refractivity contribution in [1.29, 1.82) is 0 Å². The van der Waals surface area contributed by atoms with E-state index in [0.29, 0.717) is 29.6 Å². The molecule has 0 N–H and O–H groups in total. The lowest BCUT2D eigenvalue weighted by Gasteiger charge is -2.25. The Hall–Kier alpha value is -3.12. The van der Waals surface area contributed by atoms with Crippen molar-refractivity contribution in [1.82, 2.24) is 0 Å². The molecule has 0 aromatic heterocycles. The number of hydrogen-bond donors (Lipinski definition) is 0. The third-order valence-electron chi connectivity index (χ3n) is 9.67. The van der Waals surface area contributed by atoms with Gasteiger partial charge in [0.05, 0.1) is 0 Å². The van der Waals surface area contributed by atoms with Crippen LogP contribution in [-0.4, -0.2) is 0 Å². The first-order valence-corrected chi connectivity index (χ1v) is 16.3. The summed E-state index contributed by atoms with van der Waals surface area (Å²) in [5, 5.41) is 0. The third kappa shape index (κ3) is 9.19. The number of hydrogen-bond acceptors (Lipinski definition) is 0. The second-order valence-corrected chi connectivity index (χ2v) is 12.3. The number of benzene rings is 4. The second-order valence-electron chi connectivity index (χ2n) is 12.3. The second kappa shape index (κ2) is 16.4. The molecule has 0 aliphatic carbocycles. The first-order valence-electron chi connectivity index (χ1n) is 16.3. The highest BCUT2D eigenvalue weighted by Crippen LogP contribution is 2.37. The SMILES string of the molecule is CCC(C)c1ccc(C(C)CCC(CCC(CCC(CC)c2ccccc2)c2ccccc2)c2ccccc2)cc1. The molecule has 5 unspecified atom stereocenters. The van der Waals surface area contributed by atoms with Gasteiger partial charge in [-0.3, -0.25) is 0 Å². The first-order chi connectivity index (χ1) is 20.1. The van der Waals surface area contributed by atoms with Crippen molar-refractivity contribution in [3.8, 4) is 0 Å². The molecule has 0 heteroatoms. The molecule has 4 aromatic rings. The fourth-order valence-corrected chi connectivity index (χ4v) is 6.55. The van der Waals surface area contributed by atoms with E-state index in [-0.39, 0.29) is 0 Å². The Bertz CT molecular complexity index is 1230. The van der Waals surface area contributed by atoms with Crippen LogP contribution in [0.3, 0.4) is 0 Å². The topological polar surface area (TPSA) is 0 Å². The lowest BCUT2D eigenvalue weighted by Crippen LogP contribution is -2.08. The van der Waals surface area contributed by atoms with E-state index in [4.69, 9.17) is 0 Å². The lowest BCUT2D eigenvalue weighted by molar-refractivity contribution is 0.443. The van der Waals surface area contributed by atoms with Gasteiger partial charge in [0.25, 0.3) is 0 Å². The normalized spacial score (nSPS) is 15.1. The minimum Gasteiger partial charge on any atom is -0.0648 e. The zero-order chi connectivity index (χ0) is 28.9. The predicted molar refractivity (Wildman–Crippen MR) is 179 cm³/mol. The van der Waals surface area contributed by atoms with E-state index in [1.165, 1.54) is 79.2 Å². The summed E-state index contributed by atoms with van der Waals surface area (Å²) in [4.78, 5) is 0.